The van der Waals surface area contributed by atoms with E-state index in [9.17, 15) is 17.8 Å². The number of carbonyl (C=O) groups excluding carboxylic acids is 1. The van der Waals surface area contributed by atoms with Crippen molar-refractivity contribution in [2.45, 2.75) is 154 Å². The highest BCUT2D eigenvalue weighted by Crippen LogP contribution is 2.16. The Hall–Kier alpha value is -0.620. The molecule has 0 bridgehead atoms. The predicted octanol–water partition coefficient (Wildman–Crippen LogP) is 8.02. The van der Waals surface area contributed by atoms with Crippen LogP contribution in [0.3, 0.4) is 0 Å². The van der Waals surface area contributed by atoms with Crippen molar-refractivity contribution in [1.29, 1.82) is 0 Å². The fourth-order valence-electron chi connectivity index (χ4n) is 4.06. The van der Waals surface area contributed by atoms with Crippen LogP contribution in [0.5, 0.6) is 0 Å². The van der Waals surface area contributed by atoms with Crippen LogP contribution in [-0.2, 0) is 19.6 Å². The molecule has 1 atom stereocenters. The fourth-order valence-corrected chi connectivity index (χ4v) is 4.84. The third-order valence-electron chi connectivity index (χ3n) is 6.18. The molecule has 0 amide bonds. The van der Waals surface area contributed by atoms with Crippen molar-refractivity contribution in [3.63, 3.8) is 0 Å². The van der Waals surface area contributed by atoms with Crippen molar-refractivity contribution >= 4 is 16.1 Å². The number of unbranched alkanes of at least 4 members (excludes halogenated alkanes) is 18. The molecule has 0 saturated heterocycles. The van der Waals surface area contributed by atoms with E-state index >= 15 is 0 Å². The number of hydrogen-bond donors (Lipinski definition) is 1. The molecular formula is C26H52O5S. The number of esters is 1. The molecule has 0 rings (SSSR count). The van der Waals surface area contributed by atoms with Crippen LogP contribution in [0.4, 0.5) is 0 Å². The van der Waals surface area contributed by atoms with Gasteiger partial charge in [0, 0.05) is 0 Å². The zero-order valence-corrected chi connectivity index (χ0v) is 21.9. The predicted molar refractivity (Wildman–Crippen MR) is 135 cm³/mol. The zero-order chi connectivity index (χ0) is 23.9. The van der Waals surface area contributed by atoms with Gasteiger partial charge in [-0.25, -0.2) is 0 Å². The summed E-state index contributed by atoms with van der Waals surface area (Å²) in [6, 6.07) is 0. The molecule has 0 aromatic rings. The van der Waals surface area contributed by atoms with Crippen LogP contribution in [0, 0.1) is 0 Å². The van der Waals surface area contributed by atoms with Crippen molar-refractivity contribution in [1.82, 2.24) is 0 Å². The minimum atomic E-state index is -4.41. The van der Waals surface area contributed by atoms with E-state index in [4.69, 9.17) is 4.74 Å². The minimum Gasteiger partial charge on any atom is -0.465 e. The van der Waals surface area contributed by atoms with Gasteiger partial charge in [-0.05, 0) is 12.8 Å². The number of carbonyl (C=O) groups is 1. The summed E-state index contributed by atoms with van der Waals surface area (Å²) >= 11 is 0. The third kappa shape index (κ3) is 20.0. The Labute approximate surface area is 199 Å². The van der Waals surface area contributed by atoms with Crippen LogP contribution in [-0.4, -0.2) is 30.8 Å². The van der Waals surface area contributed by atoms with Crippen LogP contribution in [0.1, 0.15) is 149 Å². The van der Waals surface area contributed by atoms with Gasteiger partial charge in [-0.15, -0.1) is 0 Å². The number of hydrogen-bond acceptors (Lipinski definition) is 4. The molecule has 5 nitrogen and oxygen atoms in total. The van der Waals surface area contributed by atoms with Crippen LogP contribution in [0.25, 0.3) is 0 Å². The molecule has 0 aliphatic heterocycles. The summed E-state index contributed by atoms with van der Waals surface area (Å²) in [7, 11) is -4.41. The molecule has 0 aromatic carbocycles. The normalized spacial score (nSPS) is 12.7. The van der Waals surface area contributed by atoms with Gasteiger partial charge in [0.2, 0.25) is 0 Å². The third-order valence-corrected chi connectivity index (χ3v) is 7.33. The second-order valence-electron chi connectivity index (χ2n) is 9.32. The first-order chi connectivity index (χ1) is 15.4. The van der Waals surface area contributed by atoms with Gasteiger partial charge in [0.15, 0.2) is 5.25 Å². The standard InChI is InChI=1S/C26H52O5S/c1-3-5-7-9-11-12-13-14-15-16-17-18-19-21-23-25(32(28,29)30)26(27)31-24-22-20-10-8-6-4-2/h25H,3-24H2,1-2H3,(H,28,29,30). The highest BCUT2D eigenvalue weighted by Gasteiger charge is 2.31. The van der Waals surface area contributed by atoms with E-state index in [1.54, 1.807) is 0 Å². The van der Waals surface area contributed by atoms with E-state index < -0.39 is 21.3 Å². The average Bonchev–Trinajstić information content (AvgIpc) is 2.74. The van der Waals surface area contributed by atoms with Crippen molar-refractivity contribution in [3.8, 4) is 0 Å². The maximum absolute atomic E-state index is 12.1. The first-order valence-corrected chi connectivity index (χ1v) is 15.1. The van der Waals surface area contributed by atoms with E-state index in [1.807, 2.05) is 0 Å². The molecule has 0 aliphatic carbocycles. The molecule has 0 fully saturated rings. The second kappa shape index (κ2) is 22.2. The van der Waals surface area contributed by atoms with Gasteiger partial charge in [0.1, 0.15) is 0 Å². The number of ether oxygens (including phenoxy) is 1. The Balaban J connectivity index is 3.74. The summed E-state index contributed by atoms with van der Waals surface area (Å²) in [6.45, 7) is 4.64. The van der Waals surface area contributed by atoms with E-state index in [2.05, 4.69) is 13.8 Å². The smallest absolute Gasteiger partial charge is 0.326 e. The minimum absolute atomic E-state index is 0.145. The van der Waals surface area contributed by atoms with Crippen LogP contribution >= 0.6 is 0 Å². The molecule has 1 N–H and O–H groups in total. The SMILES string of the molecule is CCCCCCCCCCCCCCCCC(C(=O)OCCCCCCCC)S(=O)(=O)O. The summed E-state index contributed by atoms with van der Waals surface area (Å²) in [5.74, 6) is -0.796. The van der Waals surface area contributed by atoms with Gasteiger partial charge in [-0.3, -0.25) is 9.35 Å². The Bertz CT molecular complexity index is 518. The van der Waals surface area contributed by atoms with Crippen molar-refractivity contribution in [2.24, 2.45) is 0 Å². The van der Waals surface area contributed by atoms with Crippen LogP contribution in [0.2, 0.25) is 0 Å². The van der Waals surface area contributed by atoms with Crippen molar-refractivity contribution < 1.29 is 22.5 Å². The molecule has 32 heavy (non-hydrogen) atoms. The first kappa shape index (κ1) is 31.4. The largest absolute Gasteiger partial charge is 0.465 e. The molecule has 0 aliphatic rings. The van der Waals surface area contributed by atoms with Crippen molar-refractivity contribution in [2.75, 3.05) is 6.61 Å². The van der Waals surface area contributed by atoms with Gasteiger partial charge in [0.05, 0.1) is 6.61 Å². The summed E-state index contributed by atoms with van der Waals surface area (Å²) in [5, 5.41) is -1.43. The Morgan fingerprint density at radius 3 is 1.34 bits per heavy atom. The molecule has 6 heteroatoms. The zero-order valence-electron chi connectivity index (χ0n) is 21.1. The summed E-state index contributed by atoms with van der Waals surface area (Å²) in [4.78, 5) is 12.1. The topological polar surface area (TPSA) is 80.7 Å². The summed E-state index contributed by atoms with van der Waals surface area (Å²) < 4.78 is 37.8. The second-order valence-corrected chi connectivity index (χ2v) is 10.9. The molecule has 0 spiro atoms. The maximum Gasteiger partial charge on any atom is 0.326 e. The van der Waals surface area contributed by atoms with Gasteiger partial charge < -0.3 is 4.74 Å². The molecular weight excluding hydrogens is 424 g/mol. The Kier molecular flexibility index (Phi) is 21.8. The molecule has 192 valence electrons. The lowest BCUT2D eigenvalue weighted by atomic mass is 10.0. The lowest BCUT2D eigenvalue weighted by Gasteiger charge is -2.13. The molecule has 0 radical (unpaired) electrons. The quantitative estimate of drug-likeness (QED) is 0.0866. The molecule has 0 aromatic heterocycles. The summed E-state index contributed by atoms with van der Waals surface area (Å²) in [6.07, 6.45) is 23.5. The Morgan fingerprint density at radius 1 is 0.625 bits per heavy atom. The maximum atomic E-state index is 12.1. The highest BCUT2D eigenvalue weighted by atomic mass is 32.2. The molecule has 1 unspecified atom stereocenters. The number of rotatable bonds is 24. The van der Waals surface area contributed by atoms with E-state index in [0.717, 1.165) is 38.5 Å². The monoisotopic (exact) mass is 476 g/mol. The highest BCUT2D eigenvalue weighted by molar-refractivity contribution is 7.87. The van der Waals surface area contributed by atoms with E-state index in [1.165, 1.54) is 83.5 Å². The average molecular weight is 477 g/mol. The lowest BCUT2D eigenvalue weighted by Crippen LogP contribution is -2.32. The summed E-state index contributed by atoms with van der Waals surface area (Å²) in [5.41, 5.74) is 0. The first-order valence-electron chi connectivity index (χ1n) is 13.6. The molecule has 0 heterocycles. The lowest BCUT2D eigenvalue weighted by molar-refractivity contribution is -0.143. The van der Waals surface area contributed by atoms with Gasteiger partial charge >= 0.3 is 5.97 Å². The van der Waals surface area contributed by atoms with E-state index in [-0.39, 0.29) is 13.0 Å². The van der Waals surface area contributed by atoms with Crippen LogP contribution < -0.4 is 0 Å². The van der Waals surface area contributed by atoms with Crippen LogP contribution in [0.15, 0.2) is 0 Å². The van der Waals surface area contributed by atoms with Gasteiger partial charge in [0.25, 0.3) is 10.1 Å². The van der Waals surface area contributed by atoms with E-state index in [0.29, 0.717) is 6.42 Å². The van der Waals surface area contributed by atoms with Gasteiger partial charge in [-0.2, -0.15) is 8.42 Å². The fraction of sp³-hybridized carbons (Fsp3) is 0.962. The van der Waals surface area contributed by atoms with Gasteiger partial charge in [-0.1, -0.05) is 136 Å². The Morgan fingerprint density at radius 2 is 0.969 bits per heavy atom. The molecule has 0 saturated carbocycles. The van der Waals surface area contributed by atoms with Crippen molar-refractivity contribution in [3.05, 3.63) is 0 Å².